The second-order valence-electron chi connectivity index (χ2n) is 25.9. The first kappa shape index (κ1) is 78.7. The zero-order valence-corrected chi connectivity index (χ0v) is 54.6. The number of carbonyl (C=O) groups is 6. The van der Waals surface area contributed by atoms with E-state index in [9.17, 15) is 29.1 Å². The number of nitrogens with two attached hydrogens (primary N) is 2. The van der Waals surface area contributed by atoms with Crippen molar-refractivity contribution >= 4 is 35.5 Å². The molecular weight excluding hydrogens is 1030 g/mol. The third-order valence-corrected chi connectivity index (χ3v) is 16.3. The molecule has 0 aliphatic heterocycles. The number of carboxylic acid groups (broad SMARTS) is 1. The predicted molar refractivity (Wildman–Crippen MR) is 342 cm³/mol. The lowest BCUT2D eigenvalue weighted by atomic mass is 9.84. The predicted octanol–water partition coefficient (Wildman–Crippen LogP) is 13.4. The molecule has 0 rings (SSSR count). The highest BCUT2D eigenvalue weighted by Crippen LogP contribution is 2.26. The van der Waals surface area contributed by atoms with Gasteiger partial charge in [-0.2, -0.15) is 0 Å². The van der Waals surface area contributed by atoms with Crippen LogP contribution in [0.1, 0.15) is 319 Å². The fourth-order valence-electron chi connectivity index (χ4n) is 11.2. The van der Waals surface area contributed by atoms with Crippen LogP contribution in [0.4, 0.5) is 0 Å². The maximum Gasteiger partial charge on any atom is 0.326 e. The molecule has 15 nitrogen and oxygen atoms in total. The number of unbranched alkanes of at least 4 members (excludes halogenated alkanes) is 30. The van der Waals surface area contributed by atoms with Crippen LogP contribution in [-0.4, -0.2) is 96.0 Å². The van der Waals surface area contributed by atoms with Crippen LogP contribution in [0.15, 0.2) is 0 Å². The highest BCUT2D eigenvalue weighted by molar-refractivity contribution is 5.96. The molecule has 482 valence electrons. The summed E-state index contributed by atoms with van der Waals surface area (Å²) in [5.74, 6) is -3.63. The van der Waals surface area contributed by atoms with Crippen LogP contribution in [0.3, 0.4) is 0 Å². The first-order valence-electron chi connectivity index (χ1n) is 34.3. The van der Waals surface area contributed by atoms with Crippen LogP contribution in [0.2, 0.25) is 0 Å². The minimum Gasteiger partial charge on any atom is -0.480 e. The molecular formula is C67H132N8O7. The van der Waals surface area contributed by atoms with Gasteiger partial charge in [-0.3, -0.25) is 24.0 Å². The zero-order chi connectivity index (χ0) is 61.2. The summed E-state index contributed by atoms with van der Waals surface area (Å²) in [6, 6.07) is -5.24. The molecule has 0 radical (unpaired) electrons. The zero-order valence-electron chi connectivity index (χ0n) is 54.6. The Kier molecular flexibility index (Phi) is 50.0. The number of aliphatic carboxylic acids is 1. The number of hydrogen-bond donors (Lipinski definition) is 9. The molecule has 0 aromatic rings. The van der Waals surface area contributed by atoms with Crippen LogP contribution >= 0.6 is 0 Å². The van der Waals surface area contributed by atoms with E-state index in [1.807, 2.05) is 41.5 Å². The lowest BCUT2D eigenvalue weighted by Crippen LogP contribution is -2.62. The van der Waals surface area contributed by atoms with Gasteiger partial charge < -0.3 is 48.5 Å². The normalized spacial score (nSPS) is 14.3. The first-order valence-corrected chi connectivity index (χ1v) is 34.3. The van der Waals surface area contributed by atoms with Gasteiger partial charge in [-0.25, -0.2) is 4.79 Å². The monoisotopic (exact) mass is 1160 g/mol. The van der Waals surface area contributed by atoms with E-state index < -0.39 is 65.3 Å². The molecule has 5 amide bonds. The molecule has 0 unspecified atom stereocenters. The molecule has 0 aliphatic carbocycles. The Morgan fingerprint density at radius 2 is 0.683 bits per heavy atom. The molecule has 0 aromatic carbocycles. The summed E-state index contributed by atoms with van der Waals surface area (Å²) in [5, 5.41) is 28.0. The van der Waals surface area contributed by atoms with E-state index in [0.29, 0.717) is 51.7 Å². The molecule has 15 heteroatoms. The van der Waals surface area contributed by atoms with E-state index in [0.717, 1.165) is 44.9 Å². The quantitative estimate of drug-likeness (QED) is 0.0261. The average Bonchev–Trinajstić information content (AvgIpc) is 3.56. The van der Waals surface area contributed by atoms with Crippen molar-refractivity contribution < 1.29 is 33.9 Å². The van der Waals surface area contributed by atoms with E-state index in [1.165, 1.54) is 161 Å². The average molecular weight is 1160 g/mol. The lowest BCUT2D eigenvalue weighted by molar-refractivity contribution is -0.143. The van der Waals surface area contributed by atoms with Crippen LogP contribution in [-0.2, 0) is 28.8 Å². The summed E-state index contributed by atoms with van der Waals surface area (Å²) in [4.78, 5) is 83.0. The summed E-state index contributed by atoms with van der Waals surface area (Å²) < 4.78 is 0. The number of amides is 5. The molecule has 0 bridgehead atoms. The van der Waals surface area contributed by atoms with Crippen molar-refractivity contribution in [3.63, 3.8) is 0 Å². The molecule has 6 atom stereocenters. The minimum absolute atomic E-state index is 0.000673. The maximum absolute atomic E-state index is 15.1. The Labute approximate surface area is 503 Å². The van der Waals surface area contributed by atoms with Gasteiger partial charge in [0, 0.05) is 0 Å². The van der Waals surface area contributed by atoms with Crippen LogP contribution in [0.5, 0.6) is 0 Å². The minimum atomic E-state index is -1.16. The largest absolute Gasteiger partial charge is 0.480 e. The van der Waals surface area contributed by atoms with E-state index in [-0.39, 0.29) is 42.9 Å². The van der Waals surface area contributed by atoms with E-state index in [2.05, 4.69) is 45.7 Å². The van der Waals surface area contributed by atoms with Gasteiger partial charge >= 0.3 is 5.97 Å². The maximum atomic E-state index is 15.1. The smallest absolute Gasteiger partial charge is 0.326 e. The van der Waals surface area contributed by atoms with Crippen molar-refractivity contribution in [3.05, 3.63) is 0 Å². The van der Waals surface area contributed by atoms with Gasteiger partial charge in [-0.1, -0.05) is 242 Å². The molecule has 11 N–H and O–H groups in total. The van der Waals surface area contributed by atoms with Crippen molar-refractivity contribution in [3.8, 4) is 0 Å². The highest BCUT2D eigenvalue weighted by Gasteiger charge is 2.39. The summed E-state index contributed by atoms with van der Waals surface area (Å²) in [7, 11) is 0. The van der Waals surface area contributed by atoms with E-state index >= 15 is 4.79 Å². The fourth-order valence-corrected chi connectivity index (χ4v) is 11.2. The molecule has 0 aromatic heterocycles. The van der Waals surface area contributed by atoms with Crippen molar-refractivity contribution in [1.82, 2.24) is 31.9 Å². The van der Waals surface area contributed by atoms with E-state index in [1.54, 1.807) is 6.92 Å². The summed E-state index contributed by atoms with van der Waals surface area (Å²) in [6.07, 6.45) is 43.1. The van der Waals surface area contributed by atoms with Crippen LogP contribution in [0, 0.1) is 17.8 Å². The second kappa shape index (κ2) is 52.1. The van der Waals surface area contributed by atoms with E-state index in [4.69, 9.17) is 11.5 Å². The summed E-state index contributed by atoms with van der Waals surface area (Å²) in [6.45, 7) is 19.3. The van der Waals surface area contributed by atoms with Gasteiger partial charge in [-0.05, 0) is 115 Å². The number of nitrogens with one attached hydrogen (secondary N) is 6. The molecule has 0 aliphatic rings. The molecule has 0 heterocycles. The Morgan fingerprint density at radius 3 is 1.09 bits per heavy atom. The van der Waals surface area contributed by atoms with Crippen LogP contribution in [0.25, 0.3) is 0 Å². The number of rotatable bonds is 58. The van der Waals surface area contributed by atoms with Crippen molar-refractivity contribution in [2.45, 2.75) is 355 Å². The van der Waals surface area contributed by atoms with Gasteiger partial charge in [0.1, 0.15) is 30.2 Å². The van der Waals surface area contributed by atoms with Crippen LogP contribution < -0.4 is 43.4 Å². The summed E-state index contributed by atoms with van der Waals surface area (Å²) >= 11 is 0. The molecule has 0 saturated carbocycles. The van der Waals surface area contributed by atoms with Crippen molar-refractivity contribution in [2.75, 3.05) is 19.6 Å². The molecule has 0 fully saturated rings. The van der Waals surface area contributed by atoms with Crippen molar-refractivity contribution in [1.29, 1.82) is 0 Å². The Hall–Kier alpha value is -3.30. The van der Waals surface area contributed by atoms with Gasteiger partial charge in [0.15, 0.2) is 0 Å². The second-order valence-corrected chi connectivity index (χ2v) is 25.9. The number of carbonyl (C=O) groups excluding carboxylic acids is 5. The number of carboxylic acids is 1. The molecule has 0 spiro atoms. The van der Waals surface area contributed by atoms with Gasteiger partial charge in [0.25, 0.3) is 0 Å². The lowest BCUT2D eigenvalue weighted by Gasteiger charge is -2.36. The fraction of sp³-hybridized carbons (Fsp3) is 0.910. The Morgan fingerprint density at radius 1 is 0.366 bits per heavy atom. The molecule has 82 heavy (non-hydrogen) atoms. The topological polar surface area (TPSA) is 247 Å². The summed E-state index contributed by atoms with van der Waals surface area (Å²) in [5.41, 5.74) is 10.9. The number of hydrogen-bond acceptors (Lipinski definition) is 9. The van der Waals surface area contributed by atoms with Crippen molar-refractivity contribution in [2.24, 2.45) is 29.2 Å². The molecule has 0 saturated heterocycles. The highest BCUT2D eigenvalue weighted by atomic mass is 16.4. The third-order valence-electron chi connectivity index (χ3n) is 16.3. The van der Waals surface area contributed by atoms with Gasteiger partial charge in [0.05, 0.1) is 5.54 Å². The SMILES string of the molecule is CCCCCCCCCCCCCCCCCCN[C@](CCCCN)(CCCCCCCCCCCCCCCC)C(=O)N[C@@H](CC(C)C)C(=O)N[C@@H](C)C(=O)N[C@@H](CC(C)C)C(=O)N[C@@H](CCCCN)C(=O)N[C@@H](CC(C)C)C(=O)O. The third kappa shape index (κ3) is 41.7. The van der Waals surface area contributed by atoms with Gasteiger partial charge in [-0.15, -0.1) is 0 Å². The van der Waals surface area contributed by atoms with Gasteiger partial charge in [0.2, 0.25) is 29.5 Å². The Bertz CT molecular complexity index is 1620. The Balaban J connectivity index is 6.13. The standard InChI is InChI=1S/C67H132N8O7/c1-10-12-14-16-18-20-22-24-26-27-29-31-33-35-37-43-49-70-67(46-40-42-48-69,45-39-36-34-32-30-28-25-23-21-19-17-15-13-11-2)66(82)75-59(51-54(5)6)63(78)71-56(9)61(76)73-58(50-53(3)4)64(79)72-57(44-38-41-47-68)62(77)74-60(65(80)81)52-55(7)8/h53-60,70H,10-52,68-69H2,1-9H3,(H,71,78)(H,72,79)(H,73,76)(H,74,77)(H,75,82)(H,80,81)/t56-,57-,58-,59-,60-,67-/m0/s1. The first-order chi connectivity index (χ1) is 39.4.